The molecule has 1 aromatic carbocycles. The number of hydrogen-bond acceptors (Lipinski definition) is 4. The number of nitrogens with two attached hydrogens (primary N) is 1. The van der Waals surface area contributed by atoms with E-state index in [1.165, 1.54) is 25.3 Å². The molecule has 1 aromatic rings. The maximum Gasteiger partial charge on any atom is 0.340 e. The molecule has 0 aromatic heterocycles. The number of nitrogens with one attached hydrogen (secondary N) is 1. The van der Waals surface area contributed by atoms with Crippen LogP contribution in [0.2, 0.25) is 0 Å². The van der Waals surface area contributed by atoms with Crippen LogP contribution in [0.3, 0.4) is 0 Å². The van der Waals surface area contributed by atoms with Gasteiger partial charge in [-0.2, -0.15) is 8.78 Å². The van der Waals surface area contributed by atoms with Gasteiger partial charge in [-0.25, -0.2) is 8.78 Å². The van der Waals surface area contributed by atoms with Crippen molar-refractivity contribution in [2.45, 2.75) is 26.2 Å². The first-order valence-corrected chi connectivity index (χ1v) is 6.81. The van der Waals surface area contributed by atoms with Crippen LogP contribution in [0.15, 0.2) is 18.2 Å². The molecular formula is C14H22F4N2O2. The monoisotopic (exact) mass is 326 g/mol. The molecule has 0 heterocycles. The van der Waals surface area contributed by atoms with E-state index in [1.807, 2.05) is 13.8 Å². The van der Waals surface area contributed by atoms with Gasteiger partial charge in [0, 0.05) is 19.2 Å². The van der Waals surface area contributed by atoms with Crippen molar-refractivity contribution in [3.8, 4) is 11.5 Å². The van der Waals surface area contributed by atoms with Gasteiger partial charge in [-0.15, -0.1) is 0 Å². The van der Waals surface area contributed by atoms with Crippen molar-refractivity contribution in [1.29, 1.82) is 0 Å². The summed E-state index contributed by atoms with van der Waals surface area (Å²) in [5.74, 6) is -3.83. The summed E-state index contributed by atoms with van der Waals surface area (Å²) < 4.78 is 59.1. The van der Waals surface area contributed by atoms with Gasteiger partial charge in [0.05, 0.1) is 12.8 Å². The Balaban J connectivity index is 0.00000211. The number of anilines is 1. The normalized spacial score (nSPS) is 10.8. The van der Waals surface area contributed by atoms with Crippen LogP contribution in [0.4, 0.5) is 23.2 Å². The number of benzene rings is 1. The molecule has 4 nitrogen and oxygen atoms in total. The molecule has 0 saturated heterocycles. The van der Waals surface area contributed by atoms with Crippen LogP contribution in [-0.2, 0) is 0 Å². The van der Waals surface area contributed by atoms with Crippen molar-refractivity contribution >= 4 is 5.69 Å². The minimum Gasteiger partial charge on any atom is -0.494 e. The van der Waals surface area contributed by atoms with E-state index in [-0.39, 0.29) is 5.75 Å². The van der Waals surface area contributed by atoms with Gasteiger partial charge in [0.15, 0.2) is 6.61 Å². The van der Waals surface area contributed by atoms with E-state index in [2.05, 4.69) is 10.1 Å². The second-order valence-electron chi connectivity index (χ2n) is 3.93. The predicted octanol–water partition coefficient (Wildman–Crippen LogP) is 3.37. The van der Waals surface area contributed by atoms with Gasteiger partial charge in [-0.3, -0.25) is 0 Å². The number of halogens is 4. The van der Waals surface area contributed by atoms with Crippen molar-refractivity contribution in [1.82, 2.24) is 0 Å². The molecular weight excluding hydrogens is 304 g/mol. The van der Waals surface area contributed by atoms with Crippen LogP contribution in [0.1, 0.15) is 13.8 Å². The summed E-state index contributed by atoms with van der Waals surface area (Å²) in [6, 6.07) is 4.24. The largest absolute Gasteiger partial charge is 0.494 e. The minimum atomic E-state index is -4.19. The fourth-order valence-electron chi connectivity index (χ4n) is 1.36. The van der Waals surface area contributed by atoms with Crippen LogP contribution in [0.25, 0.3) is 0 Å². The topological polar surface area (TPSA) is 56.5 Å². The third kappa shape index (κ3) is 6.38. The molecule has 3 N–H and O–H groups in total. The summed E-state index contributed by atoms with van der Waals surface area (Å²) in [6.07, 6.45) is -3.77. The molecule has 1 rings (SSSR count). The number of methoxy groups -OCH3 is 1. The minimum absolute atomic E-state index is 0.0143. The van der Waals surface area contributed by atoms with Gasteiger partial charge in [-0.1, -0.05) is 13.8 Å². The van der Waals surface area contributed by atoms with Crippen molar-refractivity contribution in [3.63, 3.8) is 0 Å². The van der Waals surface area contributed by atoms with Gasteiger partial charge in [-0.05, 0) is 12.1 Å². The summed E-state index contributed by atoms with van der Waals surface area (Å²) in [5, 5.41) is 2.96. The highest BCUT2D eigenvalue weighted by Crippen LogP contribution is 2.30. The molecule has 22 heavy (non-hydrogen) atoms. The first-order chi connectivity index (χ1) is 10.4. The fourth-order valence-corrected chi connectivity index (χ4v) is 1.36. The first-order valence-electron chi connectivity index (χ1n) is 6.81. The molecule has 0 amide bonds. The van der Waals surface area contributed by atoms with Crippen molar-refractivity contribution in [2.24, 2.45) is 5.73 Å². The highest BCUT2D eigenvalue weighted by Gasteiger charge is 2.41. The molecule has 0 spiro atoms. The Kier molecular flexibility index (Phi) is 9.32. The lowest BCUT2D eigenvalue weighted by Crippen LogP contribution is -2.33. The third-order valence-corrected chi connectivity index (χ3v) is 2.38. The Hall–Kier alpha value is -1.70. The van der Waals surface area contributed by atoms with Crippen LogP contribution in [0.5, 0.6) is 11.5 Å². The van der Waals surface area contributed by atoms with Gasteiger partial charge in [0.1, 0.15) is 11.5 Å². The van der Waals surface area contributed by atoms with E-state index in [1.54, 1.807) is 0 Å². The zero-order valence-electron chi connectivity index (χ0n) is 12.8. The maximum absolute atomic E-state index is 12.7. The van der Waals surface area contributed by atoms with E-state index in [0.717, 1.165) is 0 Å². The van der Waals surface area contributed by atoms with Crippen LogP contribution in [-0.4, -0.2) is 39.2 Å². The van der Waals surface area contributed by atoms with E-state index < -0.39 is 19.0 Å². The second kappa shape index (κ2) is 10.1. The zero-order valence-corrected chi connectivity index (χ0v) is 12.8. The summed E-state index contributed by atoms with van der Waals surface area (Å²) in [6.45, 7) is 3.51. The second-order valence-corrected chi connectivity index (χ2v) is 3.93. The average molecular weight is 326 g/mol. The molecule has 0 saturated carbocycles. The van der Waals surface area contributed by atoms with Gasteiger partial charge < -0.3 is 20.5 Å². The Labute approximate surface area is 127 Å². The Bertz CT molecular complexity index is 431. The van der Waals surface area contributed by atoms with Crippen LogP contribution in [0, 0.1) is 0 Å². The van der Waals surface area contributed by atoms with Crippen molar-refractivity contribution in [3.05, 3.63) is 18.2 Å². The number of rotatable bonds is 8. The van der Waals surface area contributed by atoms with E-state index in [4.69, 9.17) is 10.5 Å². The zero-order chi connectivity index (χ0) is 17.2. The molecule has 0 radical (unpaired) electrons. The van der Waals surface area contributed by atoms with Crippen LogP contribution >= 0.6 is 0 Å². The maximum atomic E-state index is 12.7. The molecule has 0 unspecified atom stereocenters. The fraction of sp³-hybridized carbons (Fsp3) is 0.571. The van der Waals surface area contributed by atoms with Gasteiger partial charge >= 0.3 is 12.3 Å². The smallest absolute Gasteiger partial charge is 0.340 e. The molecule has 128 valence electrons. The van der Waals surface area contributed by atoms with Crippen LogP contribution < -0.4 is 20.5 Å². The first kappa shape index (κ1) is 20.3. The summed E-state index contributed by atoms with van der Waals surface area (Å²) >= 11 is 0. The standard InChI is InChI=1S/C12H16F4N2O2.C2H6/c1-19-10-6-8(2-3-9(10)18-5-4-17)20-7-12(15,16)11(13)14;1-2/h2-3,6,11,18H,4-5,7,17H2,1H3;1-2H3. The Morgan fingerprint density at radius 2 is 1.91 bits per heavy atom. The third-order valence-electron chi connectivity index (χ3n) is 2.38. The molecule has 0 aliphatic rings. The highest BCUT2D eigenvalue weighted by atomic mass is 19.3. The lowest BCUT2D eigenvalue weighted by Gasteiger charge is -2.17. The summed E-state index contributed by atoms with van der Waals surface area (Å²) in [5.41, 5.74) is 5.94. The van der Waals surface area contributed by atoms with Crippen molar-refractivity contribution in [2.75, 3.05) is 32.1 Å². The predicted molar refractivity (Wildman–Crippen MR) is 78.3 cm³/mol. The number of hydrogen-bond donors (Lipinski definition) is 2. The SMILES string of the molecule is CC.COc1cc(OCC(F)(F)C(F)F)ccc1NCCN. The molecule has 0 aliphatic carbocycles. The van der Waals surface area contributed by atoms with E-state index >= 15 is 0 Å². The lowest BCUT2D eigenvalue weighted by molar-refractivity contribution is -0.148. The molecule has 8 heteroatoms. The van der Waals surface area contributed by atoms with E-state index in [0.29, 0.717) is 24.5 Å². The highest BCUT2D eigenvalue weighted by molar-refractivity contribution is 5.59. The average Bonchev–Trinajstić information content (AvgIpc) is 2.53. The molecule has 0 aliphatic heterocycles. The van der Waals surface area contributed by atoms with Gasteiger partial charge in [0.25, 0.3) is 0 Å². The number of alkyl halides is 4. The van der Waals surface area contributed by atoms with Gasteiger partial charge in [0.2, 0.25) is 0 Å². The lowest BCUT2D eigenvalue weighted by atomic mass is 10.2. The van der Waals surface area contributed by atoms with Crippen molar-refractivity contribution < 1.29 is 27.0 Å². The Morgan fingerprint density at radius 3 is 2.41 bits per heavy atom. The molecule has 0 atom stereocenters. The summed E-state index contributed by atoms with van der Waals surface area (Å²) in [7, 11) is 1.39. The summed E-state index contributed by atoms with van der Waals surface area (Å²) in [4.78, 5) is 0. The molecule has 0 bridgehead atoms. The molecule has 0 fully saturated rings. The number of ether oxygens (including phenoxy) is 2. The van der Waals surface area contributed by atoms with E-state index in [9.17, 15) is 17.6 Å². The Morgan fingerprint density at radius 1 is 1.27 bits per heavy atom. The quantitative estimate of drug-likeness (QED) is 0.719.